The average molecular weight is 1240 g/mol. The molecule has 0 amide bonds. The minimum atomic E-state index is 0.980. The summed E-state index contributed by atoms with van der Waals surface area (Å²) in [6.45, 7) is 12.7. The number of fused-ring (bicyclic) bond motifs is 5. The maximum Gasteiger partial charge on any atom is 0.0772 e. The third kappa shape index (κ3) is 10.5. The molecule has 0 radical (unpaired) electrons. The summed E-state index contributed by atoms with van der Waals surface area (Å²) in [5.41, 5.74) is 25.9. The number of anilines is 6. The predicted molar refractivity (Wildman–Crippen MR) is 398 cm³/mol. The number of benzene rings is 13. The van der Waals surface area contributed by atoms with Crippen LogP contribution in [-0.4, -0.2) is 39.1 Å². The monoisotopic (exact) mass is 1240 g/mol. The van der Waals surface area contributed by atoms with Gasteiger partial charge in [0.25, 0.3) is 0 Å². The molecule has 0 aliphatic carbocycles. The Balaban J connectivity index is 0.000000151. The van der Waals surface area contributed by atoms with Gasteiger partial charge in [0.05, 0.1) is 73.3 Å². The molecule has 17 aromatic rings. The van der Waals surface area contributed by atoms with Crippen molar-refractivity contribution in [2.24, 2.45) is 0 Å². The van der Waals surface area contributed by atoms with E-state index < -0.39 is 0 Å². The highest BCUT2D eigenvalue weighted by Gasteiger charge is 2.26. The second kappa shape index (κ2) is 24.6. The Hall–Kier alpha value is -12.4. The maximum atomic E-state index is 5.11. The third-order valence-corrected chi connectivity index (χ3v) is 18.4. The summed E-state index contributed by atoms with van der Waals surface area (Å²) in [6.07, 6.45) is 0. The molecular weight excluding hydrogens is 1170 g/mol. The fraction of sp³-hybridized carbons (Fsp3) is 0.0698. The van der Waals surface area contributed by atoms with Crippen LogP contribution in [0.2, 0.25) is 0 Å². The van der Waals surface area contributed by atoms with Crippen molar-refractivity contribution < 1.29 is 0 Å². The normalized spacial score (nSPS) is 11.4. The number of hydrogen-bond donors (Lipinski definition) is 0. The zero-order valence-electron chi connectivity index (χ0n) is 54.3. The van der Waals surface area contributed by atoms with Crippen LogP contribution in [0.25, 0.3) is 99.4 Å². The number of rotatable bonds is 12. The van der Waals surface area contributed by atoms with Gasteiger partial charge in [0, 0.05) is 66.5 Å². The molecule has 0 bridgehead atoms. The zero-order valence-corrected chi connectivity index (χ0v) is 54.3. The van der Waals surface area contributed by atoms with Crippen LogP contribution in [0, 0.1) is 41.5 Å². The Morgan fingerprint density at radius 3 is 0.885 bits per heavy atom. The van der Waals surface area contributed by atoms with Crippen molar-refractivity contribution in [3.8, 4) is 45.0 Å². The lowest BCUT2D eigenvalue weighted by molar-refractivity contribution is 0.882. The number of aryl methyl sites for hydroxylation is 6. The molecule has 0 aliphatic heterocycles. The Bertz CT molecular complexity index is 5410. The van der Waals surface area contributed by atoms with Crippen LogP contribution in [0.1, 0.15) is 33.9 Å². The number of hydrogen-bond acceptors (Lipinski definition) is 6. The first-order valence-corrected chi connectivity index (χ1v) is 32.6. The fourth-order valence-electron chi connectivity index (χ4n) is 13.9. The van der Waals surface area contributed by atoms with E-state index in [1.54, 1.807) is 0 Å². The van der Waals surface area contributed by atoms with E-state index in [4.69, 9.17) is 20.4 Å². The van der Waals surface area contributed by atoms with Crippen LogP contribution in [0.3, 0.4) is 0 Å². The molecular formula is C86H68N10. The largest absolute Gasteiger partial charge is 0.311 e. The van der Waals surface area contributed by atoms with E-state index in [1.807, 2.05) is 24.3 Å². The molecule has 0 fully saturated rings. The molecule has 0 aliphatic rings. The number of nitrogens with zero attached hydrogens (tertiary/aromatic N) is 10. The second-order valence-electron chi connectivity index (χ2n) is 24.7. The van der Waals surface area contributed by atoms with Crippen LogP contribution < -0.4 is 9.80 Å². The SMILES string of the molecule is Cc1ccc(N(c2ccc(C)cc2)c2ccc(-c3c4c(C)nn(-c5ccccc5)c4cc4c3c(C)nn4-c3ccccc3)cc2)cc1.Cc1nn(-c2ccccc2)c2cc3c(c(C)nn3-c3ccccc3)c(-c3ccc(N(c4ccccc4)c4cccc5ccccc45)cc3)c12. The highest BCUT2D eigenvalue weighted by Crippen LogP contribution is 2.46. The quantitative estimate of drug-likeness (QED) is 0.121. The van der Waals surface area contributed by atoms with Gasteiger partial charge in [-0.1, -0.05) is 187 Å². The Morgan fingerprint density at radius 1 is 0.250 bits per heavy atom. The van der Waals surface area contributed by atoms with Crippen molar-refractivity contribution in [1.82, 2.24) is 39.1 Å². The summed E-state index contributed by atoms with van der Waals surface area (Å²) in [6, 6.07) is 107. The lowest BCUT2D eigenvalue weighted by atomic mass is 9.94. The summed E-state index contributed by atoms with van der Waals surface area (Å²) in [5, 5.41) is 27.4. The van der Waals surface area contributed by atoms with E-state index in [1.165, 1.54) is 21.9 Å². The molecule has 0 spiro atoms. The Kier molecular flexibility index (Phi) is 15.0. The van der Waals surface area contributed by atoms with Crippen molar-refractivity contribution >= 4 is 88.5 Å². The summed E-state index contributed by atoms with van der Waals surface area (Å²) in [5.74, 6) is 0. The van der Waals surface area contributed by atoms with Crippen molar-refractivity contribution in [1.29, 1.82) is 0 Å². The van der Waals surface area contributed by atoms with Gasteiger partial charge in [-0.05, 0) is 185 Å². The summed E-state index contributed by atoms with van der Waals surface area (Å²) in [4.78, 5) is 4.66. The summed E-state index contributed by atoms with van der Waals surface area (Å²) < 4.78 is 8.26. The van der Waals surface area contributed by atoms with Gasteiger partial charge >= 0.3 is 0 Å². The third-order valence-electron chi connectivity index (χ3n) is 18.4. The number of aromatic nitrogens is 8. The molecule has 462 valence electrons. The zero-order chi connectivity index (χ0) is 65.0. The molecule has 0 saturated heterocycles. The molecule has 17 rings (SSSR count). The van der Waals surface area contributed by atoms with Gasteiger partial charge in [0.1, 0.15) is 0 Å². The van der Waals surface area contributed by atoms with Crippen LogP contribution in [0.5, 0.6) is 0 Å². The van der Waals surface area contributed by atoms with Crippen LogP contribution in [0.15, 0.2) is 303 Å². The number of para-hydroxylation sites is 5. The first-order valence-electron chi connectivity index (χ1n) is 32.6. The maximum absolute atomic E-state index is 5.11. The average Bonchev–Trinajstić information content (AvgIpc) is 1.56. The lowest BCUT2D eigenvalue weighted by Crippen LogP contribution is -2.10. The second-order valence-corrected chi connectivity index (χ2v) is 24.7. The van der Waals surface area contributed by atoms with Gasteiger partial charge in [0.15, 0.2) is 0 Å². The molecule has 96 heavy (non-hydrogen) atoms. The van der Waals surface area contributed by atoms with Gasteiger partial charge in [-0.2, -0.15) is 20.4 Å². The van der Waals surface area contributed by atoms with Gasteiger partial charge in [-0.3, -0.25) is 0 Å². The van der Waals surface area contributed by atoms with Crippen molar-refractivity contribution in [2.75, 3.05) is 9.80 Å². The van der Waals surface area contributed by atoms with E-state index in [0.717, 1.165) is 146 Å². The molecule has 0 N–H and O–H groups in total. The van der Waals surface area contributed by atoms with Crippen molar-refractivity contribution in [3.63, 3.8) is 0 Å². The van der Waals surface area contributed by atoms with E-state index in [9.17, 15) is 0 Å². The molecule has 0 saturated carbocycles. The van der Waals surface area contributed by atoms with Gasteiger partial charge in [-0.15, -0.1) is 0 Å². The lowest BCUT2D eigenvalue weighted by Gasteiger charge is -2.27. The van der Waals surface area contributed by atoms with Crippen LogP contribution >= 0.6 is 0 Å². The van der Waals surface area contributed by atoms with Gasteiger partial charge in [-0.25, -0.2) is 18.7 Å². The molecule has 4 heterocycles. The topological polar surface area (TPSA) is 77.8 Å². The summed E-state index contributed by atoms with van der Waals surface area (Å²) >= 11 is 0. The van der Waals surface area contributed by atoms with Crippen LogP contribution in [0.4, 0.5) is 34.1 Å². The summed E-state index contributed by atoms with van der Waals surface area (Å²) in [7, 11) is 0. The fourth-order valence-corrected chi connectivity index (χ4v) is 13.9. The molecule has 0 unspecified atom stereocenters. The van der Waals surface area contributed by atoms with Crippen LogP contribution in [-0.2, 0) is 0 Å². The first kappa shape index (κ1) is 58.7. The molecule has 10 heteroatoms. The molecule has 0 atom stereocenters. The Labute approximate surface area is 558 Å². The first-order chi connectivity index (χ1) is 47.1. The molecule has 4 aromatic heterocycles. The standard InChI is InChI=1S/C44H33N5.C42H35N5/c1-30-42-40(48(45-30)36-19-8-4-9-20-36)29-41-43(31(2)46-49(41)37-21-10-5-11-22-37)44(42)33-25-27-35(28-26-33)47(34-17-6-3-7-18-34)39-24-14-16-32-15-12-13-23-38(32)39;1-28-15-21-33(22-16-28)45(34-23-17-29(2)18-24-34)35-25-19-32(20-26-35)42-40-30(3)43-46(36-11-7-5-8-12-36)38(40)27-39-41(42)31(4)44-47(39)37-13-9-6-10-14-37/h3-29H,1-2H3;5-27H,1-4H3. The Morgan fingerprint density at radius 2 is 0.531 bits per heavy atom. The van der Waals surface area contributed by atoms with E-state index in [-0.39, 0.29) is 0 Å². The van der Waals surface area contributed by atoms with Gasteiger partial charge < -0.3 is 9.80 Å². The molecule has 10 nitrogen and oxygen atoms in total. The minimum absolute atomic E-state index is 0.980. The van der Waals surface area contributed by atoms with E-state index >= 15 is 0 Å². The van der Waals surface area contributed by atoms with Gasteiger partial charge in [0.2, 0.25) is 0 Å². The minimum Gasteiger partial charge on any atom is -0.311 e. The van der Waals surface area contributed by atoms with Crippen molar-refractivity contribution in [2.45, 2.75) is 41.5 Å². The smallest absolute Gasteiger partial charge is 0.0772 e. The van der Waals surface area contributed by atoms with E-state index in [0.29, 0.717) is 0 Å². The van der Waals surface area contributed by atoms with E-state index in [2.05, 4.69) is 349 Å². The molecule has 13 aromatic carbocycles. The van der Waals surface area contributed by atoms with Crippen molar-refractivity contribution in [3.05, 3.63) is 337 Å². The highest BCUT2D eigenvalue weighted by atomic mass is 15.3. The highest BCUT2D eigenvalue weighted by molar-refractivity contribution is 6.15. The predicted octanol–water partition coefficient (Wildman–Crippen LogP) is 22.0.